The van der Waals surface area contributed by atoms with E-state index < -0.39 is 0 Å². The average molecular weight is 257 g/mol. The lowest BCUT2D eigenvalue weighted by atomic mass is 10.1. The zero-order valence-corrected chi connectivity index (χ0v) is 11.0. The number of benzene rings is 2. The van der Waals surface area contributed by atoms with Gasteiger partial charge in [-0.25, -0.2) is 0 Å². The molecule has 0 bridgehead atoms. The summed E-state index contributed by atoms with van der Waals surface area (Å²) >= 11 is 0. The molecule has 3 N–H and O–H groups in total. The van der Waals surface area contributed by atoms with Crippen LogP contribution in [-0.2, 0) is 6.61 Å². The normalized spacial score (nSPS) is 12.2. The SMILES string of the molecule is Cc1ccc(COc2cccc([C@@H](N)CO)c2)cc1. The maximum absolute atomic E-state index is 9.05. The fourth-order valence-electron chi connectivity index (χ4n) is 1.79. The lowest BCUT2D eigenvalue weighted by molar-refractivity contribution is 0.267. The number of ether oxygens (including phenoxy) is 1. The smallest absolute Gasteiger partial charge is 0.120 e. The van der Waals surface area contributed by atoms with E-state index in [4.69, 9.17) is 15.6 Å². The van der Waals surface area contributed by atoms with Crippen LogP contribution in [-0.4, -0.2) is 11.7 Å². The quantitative estimate of drug-likeness (QED) is 0.865. The molecule has 0 fully saturated rings. The monoisotopic (exact) mass is 257 g/mol. The summed E-state index contributed by atoms with van der Waals surface area (Å²) in [7, 11) is 0. The molecule has 2 rings (SSSR count). The number of rotatable bonds is 5. The van der Waals surface area contributed by atoms with Crippen LogP contribution in [0.5, 0.6) is 5.75 Å². The molecule has 0 saturated heterocycles. The summed E-state index contributed by atoms with van der Waals surface area (Å²) in [5, 5.41) is 9.05. The highest BCUT2D eigenvalue weighted by Gasteiger charge is 2.05. The predicted octanol–water partition coefficient (Wildman–Crippen LogP) is 2.57. The molecular weight excluding hydrogens is 238 g/mol. The molecular formula is C16H19NO2. The molecule has 0 aromatic heterocycles. The molecule has 0 amide bonds. The van der Waals surface area contributed by atoms with E-state index in [1.165, 1.54) is 5.56 Å². The van der Waals surface area contributed by atoms with Gasteiger partial charge in [0.05, 0.1) is 12.6 Å². The van der Waals surface area contributed by atoms with Crippen LogP contribution in [0.4, 0.5) is 0 Å². The lowest BCUT2D eigenvalue weighted by Gasteiger charge is -2.11. The highest BCUT2D eigenvalue weighted by atomic mass is 16.5. The summed E-state index contributed by atoms with van der Waals surface area (Å²) in [6.45, 7) is 2.52. The van der Waals surface area contributed by atoms with E-state index in [0.717, 1.165) is 16.9 Å². The van der Waals surface area contributed by atoms with Gasteiger partial charge < -0.3 is 15.6 Å². The van der Waals surface area contributed by atoms with E-state index in [2.05, 4.69) is 31.2 Å². The molecule has 0 spiro atoms. The third-order valence-corrected chi connectivity index (χ3v) is 3.01. The van der Waals surface area contributed by atoms with Crippen LogP contribution in [0.15, 0.2) is 48.5 Å². The van der Waals surface area contributed by atoms with Crippen LogP contribution >= 0.6 is 0 Å². The van der Waals surface area contributed by atoms with Crippen LogP contribution in [0, 0.1) is 6.92 Å². The van der Waals surface area contributed by atoms with Crippen LogP contribution in [0.3, 0.4) is 0 Å². The highest BCUT2D eigenvalue weighted by Crippen LogP contribution is 2.19. The molecule has 0 unspecified atom stereocenters. The highest BCUT2D eigenvalue weighted by molar-refractivity contribution is 5.31. The Balaban J connectivity index is 2.01. The zero-order chi connectivity index (χ0) is 13.7. The van der Waals surface area contributed by atoms with E-state index in [1.807, 2.05) is 24.3 Å². The van der Waals surface area contributed by atoms with Gasteiger partial charge in [-0.1, -0.05) is 42.0 Å². The number of aliphatic hydroxyl groups is 1. The van der Waals surface area contributed by atoms with Gasteiger partial charge >= 0.3 is 0 Å². The second kappa shape index (κ2) is 6.36. The molecule has 0 aliphatic rings. The maximum Gasteiger partial charge on any atom is 0.120 e. The molecule has 100 valence electrons. The molecule has 0 aliphatic carbocycles. The summed E-state index contributed by atoms with van der Waals surface area (Å²) in [5.74, 6) is 0.766. The summed E-state index contributed by atoms with van der Waals surface area (Å²) in [4.78, 5) is 0. The van der Waals surface area contributed by atoms with Crippen molar-refractivity contribution in [2.24, 2.45) is 5.73 Å². The second-order valence-electron chi connectivity index (χ2n) is 4.64. The van der Waals surface area contributed by atoms with Crippen LogP contribution in [0.1, 0.15) is 22.7 Å². The van der Waals surface area contributed by atoms with E-state index in [9.17, 15) is 0 Å². The first-order valence-electron chi connectivity index (χ1n) is 6.34. The molecule has 0 saturated carbocycles. The summed E-state index contributed by atoms with van der Waals surface area (Å²) in [6.07, 6.45) is 0. The molecule has 0 aliphatic heterocycles. The fraction of sp³-hybridized carbons (Fsp3) is 0.250. The average Bonchev–Trinajstić information content (AvgIpc) is 2.46. The number of nitrogens with two attached hydrogens (primary N) is 1. The minimum absolute atomic E-state index is 0.0680. The summed E-state index contributed by atoms with van der Waals surface area (Å²) in [5.41, 5.74) is 9.02. The van der Waals surface area contributed by atoms with Crippen molar-refractivity contribution in [2.75, 3.05) is 6.61 Å². The first kappa shape index (κ1) is 13.6. The summed E-state index contributed by atoms with van der Waals surface area (Å²) in [6, 6.07) is 15.4. The van der Waals surface area contributed by atoms with Crippen LogP contribution in [0.25, 0.3) is 0 Å². The van der Waals surface area contributed by atoms with Crippen molar-refractivity contribution in [3.8, 4) is 5.75 Å². The van der Waals surface area contributed by atoms with E-state index >= 15 is 0 Å². The number of hydrogen-bond acceptors (Lipinski definition) is 3. The van der Waals surface area contributed by atoms with Crippen molar-refractivity contribution in [1.82, 2.24) is 0 Å². The van der Waals surface area contributed by atoms with Crippen molar-refractivity contribution in [3.63, 3.8) is 0 Å². The Labute approximate surface area is 113 Å². The first-order valence-corrected chi connectivity index (χ1v) is 6.34. The van der Waals surface area contributed by atoms with Crippen molar-refractivity contribution in [2.45, 2.75) is 19.6 Å². The third kappa shape index (κ3) is 3.81. The van der Waals surface area contributed by atoms with Gasteiger partial charge in [-0.2, -0.15) is 0 Å². The molecule has 1 atom stereocenters. The topological polar surface area (TPSA) is 55.5 Å². The molecule has 2 aromatic carbocycles. The molecule has 0 radical (unpaired) electrons. The van der Waals surface area contributed by atoms with Gasteiger partial charge in [0.1, 0.15) is 12.4 Å². The minimum atomic E-state index is -0.358. The van der Waals surface area contributed by atoms with E-state index in [0.29, 0.717) is 6.61 Å². The molecule has 3 nitrogen and oxygen atoms in total. The van der Waals surface area contributed by atoms with Crippen molar-refractivity contribution < 1.29 is 9.84 Å². The van der Waals surface area contributed by atoms with Gasteiger partial charge in [-0.05, 0) is 30.2 Å². The van der Waals surface area contributed by atoms with Gasteiger partial charge in [0.25, 0.3) is 0 Å². The fourth-order valence-corrected chi connectivity index (χ4v) is 1.79. The van der Waals surface area contributed by atoms with Gasteiger partial charge in [0, 0.05) is 0 Å². The minimum Gasteiger partial charge on any atom is -0.489 e. The molecule has 0 heterocycles. The number of aliphatic hydroxyl groups excluding tert-OH is 1. The standard InChI is InChI=1S/C16H19NO2/c1-12-5-7-13(8-6-12)11-19-15-4-2-3-14(9-15)16(17)10-18/h2-9,16,18H,10-11,17H2,1H3/t16-/m0/s1. The Hall–Kier alpha value is -1.84. The van der Waals surface area contributed by atoms with Crippen molar-refractivity contribution >= 4 is 0 Å². The van der Waals surface area contributed by atoms with E-state index in [1.54, 1.807) is 0 Å². The van der Waals surface area contributed by atoms with Gasteiger partial charge in [-0.15, -0.1) is 0 Å². The predicted molar refractivity (Wildman–Crippen MR) is 76.0 cm³/mol. The molecule has 19 heavy (non-hydrogen) atoms. The Morgan fingerprint density at radius 3 is 2.58 bits per heavy atom. The second-order valence-corrected chi connectivity index (χ2v) is 4.64. The third-order valence-electron chi connectivity index (χ3n) is 3.01. The Morgan fingerprint density at radius 2 is 1.89 bits per heavy atom. The zero-order valence-electron chi connectivity index (χ0n) is 11.0. The molecule has 3 heteroatoms. The van der Waals surface area contributed by atoms with Crippen molar-refractivity contribution in [1.29, 1.82) is 0 Å². The maximum atomic E-state index is 9.05. The Bertz CT molecular complexity index is 523. The number of aryl methyl sites for hydroxylation is 1. The number of hydrogen-bond donors (Lipinski definition) is 2. The first-order chi connectivity index (χ1) is 9.19. The molecule has 2 aromatic rings. The largest absolute Gasteiger partial charge is 0.489 e. The van der Waals surface area contributed by atoms with Crippen LogP contribution < -0.4 is 10.5 Å². The Kier molecular flexibility index (Phi) is 4.55. The lowest BCUT2D eigenvalue weighted by Crippen LogP contribution is -2.14. The van der Waals surface area contributed by atoms with Gasteiger partial charge in [0.15, 0.2) is 0 Å². The van der Waals surface area contributed by atoms with Crippen LogP contribution in [0.2, 0.25) is 0 Å². The summed E-state index contributed by atoms with van der Waals surface area (Å²) < 4.78 is 5.73. The van der Waals surface area contributed by atoms with E-state index in [-0.39, 0.29) is 12.6 Å². The van der Waals surface area contributed by atoms with Crippen molar-refractivity contribution in [3.05, 3.63) is 65.2 Å². The Morgan fingerprint density at radius 1 is 1.16 bits per heavy atom. The van der Waals surface area contributed by atoms with Gasteiger partial charge in [0.2, 0.25) is 0 Å². The van der Waals surface area contributed by atoms with Gasteiger partial charge in [-0.3, -0.25) is 0 Å².